The molecule has 7 nitrogen and oxygen atoms in total. The van der Waals surface area contributed by atoms with Crippen molar-refractivity contribution in [2.24, 2.45) is 0 Å². The average molecular weight is 399 g/mol. The Kier molecular flexibility index (Phi) is 4.92. The van der Waals surface area contributed by atoms with Crippen molar-refractivity contribution in [1.82, 2.24) is 19.6 Å². The maximum atomic E-state index is 12.7. The molecule has 3 aromatic heterocycles. The molecule has 0 spiro atoms. The second-order valence-electron chi connectivity index (χ2n) is 5.96. The SMILES string of the molecule is CC(C)c1c(NC(=O)Nc2ccnc(C(F)(F)F)c2)cnc2cc(Cl)nn12. The van der Waals surface area contributed by atoms with Crippen LogP contribution in [0.25, 0.3) is 5.65 Å². The van der Waals surface area contributed by atoms with Gasteiger partial charge in [-0.25, -0.2) is 14.3 Å². The first-order chi connectivity index (χ1) is 12.6. The zero-order valence-corrected chi connectivity index (χ0v) is 14.9. The molecule has 27 heavy (non-hydrogen) atoms. The Bertz CT molecular complexity index is 1000. The molecule has 0 bridgehead atoms. The number of carbonyl (C=O) groups excluding carboxylic acids is 1. The molecule has 0 fully saturated rings. The standard InChI is InChI=1S/C16H14ClF3N6O/c1-8(2)14-10(7-22-13-6-12(17)25-26(13)14)24-15(27)23-9-3-4-21-11(5-9)16(18,19)20/h3-8H,1-2H3,(H2,21,23,24,27). The lowest BCUT2D eigenvalue weighted by molar-refractivity contribution is -0.141. The van der Waals surface area contributed by atoms with E-state index in [0.29, 0.717) is 17.0 Å². The second kappa shape index (κ2) is 7.03. The van der Waals surface area contributed by atoms with Gasteiger partial charge in [-0.2, -0.15) is 18.3 Å². The van der Waals surface area contributed by atoms with Gasteiger partial charge >= 0.3 is 12.2 Å². The van der Waals surface area contributed by atoms with Gasteiger partial charge in [0.05, 0.1) is 17.6 Å². The minimum absolute atomic E-state index is 0.0421. The van der Waals surface area contributed by atoms with Crippen LogP contribution in [0, 0.1) is 0 Å². The third-order valence-corrected chi connectivity index (χ3v) is 3.78. The molecule has 142 valence electrons. The molecular weight excluding hydrogens is 385 g/mol. The third-order valence-electron chi connectivity index (χ3n) is 3.59. The van der Waals surface area contributed by atoms with Crippen LogP contribution in [0.15, 0.2) is 30.6 Å². The van der Waals surface area contributed by atoms with Crippen molar-refractivity contribution in [3.8, 4) is 0 Å². The molecule has 0 unspecified atom stereocenters. The van der Waals surface area contributed by atoms with E-state index in [1.807, 2.05) is 13.8 Å². The molecule has 0 aliphatic heterocycles. The van der Waals surface area contributed by atoms with E-state index in [4.69, 9.17) is 11.6 Å². The number of carbonyl (C=O) groups is 1. The lowest BCUT2D eigenvalue weighted by atomic mass is 10.1. The normalized spacial score (nSPS) is 11.8. The van der Waals surface area contributed by atoms with Crippen molar-refractivity contribution < 1.29 is 18.0 Å². The Balaban J connectivity index is 1.85. The first-order valence-electron chi connectivity index (χ1n) is 7.80. The number of nitrogens with zero attached hydrogens (tertiary/aromatic N) is 4. The van der Waals surface area contributed by atoms with E-state index in [2.05, 4.69) is 25.7 Å². The summed E-state index contributed by atoms with van der Waals surface area (Å²) < 4.78 is 39.7. The minimum atomic E-state index is -4.60. The van der Waals surface area contributed by atoms with Gasteiger partial charge in [-0.1, -0.05) is 25.4 Å². The van der Waals surface area contributed by atoms with E-state index in [1.165, 1.54) is 16.8 Å². The Morgan fingerprint density at radius 1 is 1.22 bits per heavy atom. The topological polar surface area (TPSA) is 84.2 Å². The number of rotatable bonds is 3. The fraction of sp³-hybridized carbons (Fsp3) is 0.250. The van der Waals surface area contributed by atoms with Gasteiger partial charge in [0.25, 0.3) is 0 Å². The molecule has 0 radical (unpaired) electrons. The molecule has 0 saturated carbocycles. The number of fused-ring (bicyclic) bond motifs is 1. The van der Waals surface area contributed by atoms with Crippen LogP contribution in [-0.2, 0) is 6.18 Å². The summed E-state index contributed by atoms with van der Waals surface area (Å²) in [5, 5.41) is 9.32. The maximum absolute atomic E-state index is 12.7. The molecule has 0 aliphatic rings. The van der Waals surface area contributed by atoms with E-state index < -0.39 is 17.9 Å². The first-order valence-corrected chi connectivity index (χ1v) is 8.18. The highest BCUT2D eigenvalue weighted by Gasteiger charge is 2.32. The van der Waals surface area contributed by atoms with Crippen molar-refractivity contribution in [1.29, 1.82) is 0 Å². The van der Waals surface area contributed by atoms with Crippen LogP contribution in [0.5, 0.6) is 0 Å². The zero-order chi connectivity index (χ0) is 19.8. The van der Waals surface area contributed by atoms with Gasteiger partial charge in [0, 0.05) is 18.0 Å². The Morgan fingerprint density at radius 2 is 1.96 bits per heavy atom. The molecule has 3 aromatic rings. The van der Waals surface area contributed by atoms with Crippen LogP contribution in [0.4, 0.5) is 29.3 Å². The number of hydrogen-bond donors (Lipinski definition) is 2. The van der Waals surface area contributed by atoms with Gasteiger partial charge in [-0.05, 0) is 18.1 Å². The Labute approximate surface area is 156 Å². The van der Waals surface area contributed by atoms with Crippen LogP contribution in [0.3, 0.4) is 0 Å². The quantitative estimate of drug-likeness (QED) is 0.677. The van der Waals surface area contributed by atoms with Gasteiger partial charge in [-0.3, -0.25) is 4.98 Å². The summed E-state index contributed by atoms with van der Waals surface area (Å²) in [5.41, 5.74) is 0.376. The molecule has 0 aromatic carbocycles. The number of anilines is 2. The molecule has 3 rings (SSSR count). The predicted octanol–water partition coefficient (Wildman–Crippen LogP) is 4.56. The third kappa shape index (κ3) is 4.11. The summed E-state index contributed by atoms with van der Waals surface area (Å²) in [6.45, 7) is 3.79. The van der Waals surface area contributed by atoms with E-state index in [-0.39, 0.29) is 16.8 Å². The first kappa shape index (κ1) is 18.9. The van der Waals surface area contributed by atoms with E-state index in [9.17, 15) is 18.0 Å². The summed E-state index contributed by atoms with van der Waals surface area (Å²) in [4.78, 5) is 19.7. The number of alkyl halides is 3. The number of urea groups is 1. The molecule has 3 heterocycles. The second-order valence-corrected chi connectivity index (χ2v) is 6.34. The van der Waals surface area contributed by atoms with E-state index >= 15 is 0 Å². The molecule has 11 heteroatoms. The van der Waals surface area contributed by atoms with Crippen LogP contribution >= 0.6 is 11.6 Å². The minimum Gasteiger partial charge on any atom is -0.308 e. The molecule has 2 amide bonds. The smallest absolute Gasteiger partial charge is 0.308 e. The van der Waals surface area contributed by atoms with Crippen molar-refractivity contribution in [3.63, 3.8) is 0 Å². The monoisotopic (exact) mass is 398 g/mol. The van der Waals surface area contributed by atoms with Crippen molar-refractivity contribution in [3.05, 3.63) is 47.1 Å². The van der Waals surface area contributed by atoms with E-state index in [1.54, 1.807) is 6.07 Å². The summed E-state index contributed by atoms with van der Waals surface area (Å²) in [7, 11) is 0. The highest BCUT2D eigenvalue weighted by atomic mass is 35.5. The molecule has 0 aliphatic carbocycles. The van der Waals surface area contributed by atoms with Gasteiger partial charge in [0.1, 0.15) is 5.69 Å². The lowest BCUT2D eigenvalue weighted by Crippen LogP contribution is -2.22. The summed E-state index contributed by atoms with van der Waals surface area (Å²) in [5.74, 6) is -0.0421. The van der Waals surface area contributed by atoms with Gasteiger partial charge < -0.3 is 10.6 Å². The van der Waals surface area contributed by atoms with Gasteiger partial charge in [0.2, 0.25) is 0 Å². The predicted molar refractivity (Wildman–Crippen MR) is 94.0 cm³/mol. The zero-order valence-electron chi connectivity index (χ0n) is 14.2. The molecule has 0 atom stereocenters. The van der Waals surface area contributed by atoms with E-state index in [0.717, 1.165) is 12.3 Å². The Hall–Kier alpha value is -2.88. The van der Waals surface area contributed by atoms with Gasteiger partial charge in [0.15, 0.2) is 10.8 Å². The lowest BCUT2D eigenvalue weighted by Gasteiger charge is -2.15. The fourth-order valence-electron chi connectivity index (χ4n) is 2.52. The molecule has 0 saturated heterocycles. The van der Waals surface area contributed by atoms with Crippen molar-refractivity contribution in [2.75, 3.05) is 10.6 Å². The number of pyridine rings is 1. The summed E-state index contributed by atoms with van der Waals surface area (Å²) in [6, 6.07) is 2.85. The largest absolute Gasteiger partial charge is 0.433 e. The van der Waals surface area contributed by atoms with Crippen LogP contribution in [-0.4, -0.2) is 25.6 Å². The summed E-state index contributed by atoms with van der Waals surface area (Å²) in [6.07, 6.45) is -2.19. The molecule has 2 N–H and O–H groups in total. The van der Waals surface area contributed by atoms with Crippen LogP contribution < -0.4 is 10.6 Å². The van der Waals surface area contributed by atoms with Crippen molar-refractivity contribution in [2.45, 2.75) is 25.9 Å². The number of amides is 2. The van der Waals surface area contributed by atoms with Crippen molar-refractivity contribution >= 4 is 34.7 Å². The number of nitrogens with one attached hydrogen (secondary N) is 2. The average Bonchev–Trinajstić information content (AvgIpc) is 2.93. The number of aromatic nitrogens is 4. The van der Waals surface area contributed by atoms with Crippen LogP contribution in [0.1, 0.15) is 31.2 Å². The fourth-order valence-corrected chi connectivity index (χ4v) is 2.70. The Morgan fingerprint density at radius 3 is 2.63 bits per heavy atom. The number of hydrogen-bond acceptors (Lipinski definition) is 4. The highest BCUT2D eigenvalue weighted by molar-refractivity contribution is 6.29. The highest BCUT2D eigenvalue weighted by Crippen LogP contribution is 2.29. The summed E-state index contributed by atoms with van der Waals surface area (Å²) >= 11 is 5.91. The number of halogens is 4. The maximum Gasteiger partial charge on any atom is 0.433 e. The van der Waals surface area contributed by atoms with Gasteiger partial charge in [-0.15, -0.1) is 0 Å². The van der Waals surface area contributed by atoms with Crippen LogP contribution in [0.2, 0.25) is 5.15 Å². The molecular formula is C16H14ClF3N6O.